The summed E-state index contributed by atoms with van der Waals surface area (Å²) in [5, 5.41) is 3.06. The van der Waals surface area contributed by atoms with Gasteiger partial charge in [-0.1, -0.05) is 43.3 Å². The summed E-state index contributed by atoms with van der Waals surface area (Å²) in [5.41, 5.74) is 4.88. The molecule has 0 saturated heterocycles. The Morgan fingerprint density at radius 2 is 1.92 bits per heavy atom. The van der Waals surface area contributed by atoms with Crippen molar-refractivity contribution in [3.8, 4) is 0 Å². The number of carbonyl (C=O) groups excluding carboxylic acids is 2. The van der Waals surface area contributed by atoms with Crippen LogP contribution >= 0.6 is 0 Å². The lowest BCUT2D eigenvalue weighted by molar-refractivity contribution is -0.122. The fourth-order valence-electron chi connectivity index (χ4n) is 3.39. The quantitative estimate of drug-likeness (QED) is 0.940. The van der Waals surface area contributed by atoms with Crippen molar-refractivity contribution in [3.05, 3.63) is 59.2 Å². The van der Waals surface area contributed by atoms with E-state index in [1.54, 1.807) is 4.90 Å². The number of nitrogens with zero attached hydrogens (tertiary/aromatic N) is 1. The number of hydrogen-bond acceptors (Lipinski definition) is 2. The fraction of sp³-hybridized carbons (Fsp3) is 0.300. The maximum absolute atomic E-state index is 12.9. The summed E-state index contributed by atoms with van der Waals surface area (Å²) in [7, 11) is 0. The molecule has 0 fully saturated rings. The molecule has 1 heterocycles. The lowest BCUT2D eigenvalue weighted by Crippen LogP contribution is -2.44. The number of para-hydroxylation sites is 2. The van der Waals surface area contributed by atoms with Crippen molar-refractivity contribution in [2.75, 3.05) is 10.2 Å². The summed E-state index contributed by atoms with van der Waals surface area (Å²) < 4.78 is 0. The van der Waals surface area contributed by atoms with Gasteiger partial charge in [0.05, 0.1) is 0 Å². The molecule has 2 aromatic rings. The normalized spacial score (nSPS) is 16.0. The van der Waals surface area contributed by atoms with Gasteiger partial charge in [0.25, 0.3) is 0 Å². The molecule has 2 amide bonds. The van der Waals surface area contributed by atoms with E-state index in [4.69, 9.17) is 0 Å². The van der Waals surface area contributed by atoms with Crippen molar-refractivity contribution in [2.45, 2.75) is 39.7 Å². The van der Waals surface area contributed by atoms with Gasteiger partial charge in [0.15, 0.2) is 0 Å². The standard InChI is InChI=1S/C20H22N2O2/c1-4-15-10-7-8-13(2)19(15)21-20(24)18-12-16-9-5-6-11-17(16)22(18)14(3)23/h5-11,18H,4,12H2,1-3H3,(H,21,24)/t18-/m0/s1. The summed E-state index contributed by atoms with van der Waals surface area (Å²) in [5.74, 6) is -0.244. The molecular formula is C20H22N2O2. The maximum Gasteiger partial charge on any atom is 0.247 e. The zero-order valence-electron chi connectivity index (χ0n) is 14.3. The number of nitrogens with one attached hydrogen (secondary N) is 1. The lowest BCUT2D eigenvalue weighted by Gasteiger charge is -2.24. The highest BCUT2D eigenvalue weighted by atomic mass is 16.2. The third-order valence-electron chi connectivity index (χ3n) is 4.61. The third kappa shape index (κ3) is 2.80. The Morgan fingerprint density at radius 1 is 1.17 bits per heavy atom. The molecule has 0 unspecified atom stereocenters. The van der Waals surface area contributed by atoms with Crippen LogP contribution in [0, 0.1) is 6.92 Å². The van der Waals surface area contributed by atoms with E-state index >= 15 is 0 Å². The van der Waals surface area contributed by atoms with E-state index in [0.717, 1.165) is 34.5 Å². The van der Waals surface area contributed by atoms with E-state index < -0.39 is 6.04 Å². The molecule has 1 aliphatic rings. The van der Waals surface area contributed by atoms with Crippen LogP contribution in [-0.4, -0.2) is 17.9 Å². The van der Waals surface area contributed by atoms with Gasteiger partial charge in [0, 0.05) is 24.7 Å². The molecule has 0 aliphatic carbocycles. The van der Waals surface area contributed by atoms with Crippen LogP contribution in [0.4, 0.5) is 11.4 Å². The van der Waals surface area contributed by atoms with Crippen LogP contribution in [-0.2, 0) is 22.4 Å². The van der Waals surface area contributed by atoms with Crippen molar-refractivity contribution in [1.29, 1.82) is 0 Å². The van der Waals surface area contributed by atoms with Gasteiger partial charge in [-0.25, -0.2) is 0 Å². The first-order valence-electron chi connectivity index (χ1n) is 8.30. The molecule has 0 aromatic heterocycles. The Balaban J connectivity index is 1.90. The molecule has 4 heteroatoms. The molecule has 124 valence electrons. The molecule has 0 spiro atoms. The van der Waals surface area contributed by atoms with Gasteiger partial charge in [-0.2, -0.15) is 0 Å². The van der Waals surface area contributed by atoms with Crippen LogP contribution in [0.15, 0.2) is 42.5 Å². The Hall–Kier alpha value is -2.62. The third-order valence-corrected chi connectivity index (χ3v) is 4.61. The zero-order valence-corrected chi connectivity index (χ0v) is 14.3. The number of fused-ring (bicyclic) bond motifs is 1. The number of amides is 2. The molecular weight excluding hydrogens is 300 g/mol. The molecule has 4 nitrogen and oxygen atoms in total. The summed E-state index contributed by atoms with van der Waals surface area (Å²) in [6.45, 7) is 5.56. The average molecular weight is 322 g/mol. The molecule has 2 aromatic carbocycles. The van der Waals surface area contributed by atoms with Crippen LogP contribution < -0.4 is 10.2 Å². The van der Waals surface area contributed by atoms with Crippen LogP contribution in [0.25, 0.3) is 0 Å². The number of carbonyl (C=O) groups is 2. The van der Waals surface area contributed by atoms with Crippen LogP contribution in [0.3, 0.4) is 0 Å². The van der Waals surface area contributed by atoms with Gasteiger partial charge < -0.3 is 5.32 Å². The maximum atomic E-state index is 12.9. The van der Waals surface area contributed by atoms with Crippen molar-refractivity contribution in [1.82, 2.24) is 0 Å². The number of hydrogen-bond donors (Lipinski definition) is 1. The first-order valence-corrected chi connectivity index (χ1v) is 8.30. The molecule has 3 rings (SSSR count). The predicted octanol–water partition coefficient (Wildman–Crippen LogP) is 3.47. The van der Waals surface area contributed by atoms with Gasteiger partial charge in [-0.3, -0.25) is 14.5 Å². The van der Waals surface area contributed by atoms with Gasteiger partial charge >= 0.3 is 0 Å². The smallest absolute Gasteiger partial charge is 0.247 e. The number of benzene rings is 2. The highest BCUT2D eigenvalue weighted by Crippen LogP contribution is 2.33. The van der Waals surface area contributed by atoms with E-state index in [1.165, 1.54) is 6.92 Å². The second-order valence-electron chi connectivity index (χ2n) is 6.19. The Bertz CT molecular complexity index is 798. The van der Waals surface area contributed by atoms with Crippen LogP contribution in [0.1, 0.15) is 30.5 Å². The number of rotatable bonds is 3. The summed E-state index contributed by atoms with van der Waals surface area (Å²) >= 11 is 0. The monoisotopic (exact) mass is 322 g/mol. The van der Waals surface area contributed by atoms with E-state index in [2.05, 4.69) is 12.2 Å². The first kappa shape index (κ1) is 16.2. The van der Waals surface area contributed by atoms with Gasteiger partial charge in [-0.15, -0.1) is 0 Å². The minimum atomic E-state index is -0.496. The number of anilines is 2. The second kappa shape index (κ2) is 6.48. The van der Waals surface area contributed by atoms with Crippen LogP contribution in [0.5, 0.6) is 0 Å². The predicted molar refractivity (Wildman–Crippen MR) is 96.3 cm³/mol. The molecule has 1 aliphatic heterocycles. The Labute approximate surface area is 142 Å². The van der Waals surface area contributed by atoms with E-state index in [1.807, 2.05) is 49.4 Å². The van der Waals surface area contributed by atoms with Crippen molar-refractivity contribution in [2.24, 2.45) is 0 Å². The van der Waals surface area contributed by atoms with Crippen molar-refractivity contribution >= 4 is 23.2 Å². The summed E-state index contributed by atoms with van der Waals surface area (Å²) in [6, 6.07) is 13.2. The molecule has 24 heavy (non-hydrogen) atoms. The minimum Gasteiger partial charge on any atom is -0.324 e. The average Bonchev–Trinajstić information content (AvgIpc) is 2.96. The van der Waals surface area contributed by atoms with E-state index in [-0.39, 0.29) is 11.8 Å². The highest BCUT2D eigenvalue weighted by Gasteiger charge is 2.36. The molecule has 0 saturated carbocycles. The Kier molecular flexibility index (Phi) is 4.38. The van der Waals surface area contributed by atoms with Crippen molar-refractivity contribution < 1.29 is 9.59 Å². The SMILES string of the molecule is CCc1cccc(C)c1NC(=O)[C@@H]1Cc2ccccc2N1C(C)=O. The molecule has 1 atom stereocenters. The highest BCUT2D eigenvalue weighted by molar-refractivity contribution is 6.07. The largest absolute Gasteiger partial charge is 0.324 e. The minimum absolute atomic E-state index is 0.111. The van der Waals surface area contributed by atoms with Gasteiger partial charge in [0.2, 0.25) is 11.8 Å². The van der Waals surface area contributed by atoms with Crippen LogP contribution in [0.2, 0.25) is 0 Å². The molecule has 0 bridgehead atoms. The second-order valence-corrected chi connectivity index (χ2v) is 6.19. The molecule has 1 N–H and O–H groups in total. The summed E-state index contributed by atoms with van der Waals surface area (Å²) in [4.78, 5) is 26.6. The van der Waals surface area contributed by atoms with Crippen molar-refractivity contribution in [3.63, 3.8) is 0 Å². The molecule has 0 radical (unpaired) electrons. The summed E-state index contributed by atoms with van der Waals surface area (Å²) in [6.07, 6.45) is 1.40. The topological polar surface area (TPSA) is 49.4 Å². The van der Waals surface area contributed by atoms with E-state index in [0.29, 0.717) is 6.42 Å². The van der Waals surface area contributed by atoms with E-state index in [9.17, 15) is 9.59 Å². The van der Waals surface area contributed by atoms with Gasteiger partial charge in [-0.05, 0) is 36.1 Å². The first-order chi connectivity index (χ1) is 11.5. The van der Waals surface area contributed by atoms with Gasteiger partial charge in [0.1, 0.15) is 6.04 Å². The fourth-order valence-corrected chi connectivity index (χ4v) is 3.39. The Morgan fingerprint density at radius 3 is 2.62 bits per heavy atom. The zero-order chi connectivity index (χ0) is 17.3. The number of aryl methyl sites for hydroxylation is 2. The lowest BCUT2D eigenvalue weighted by atomic mass is 10.0.